The van der Waals surface area contributed by atoms with Crippen molar-refractivity contribution < 1.29 is 0 Å². The van der Waals surface area contributed by atoms with E-state index in [4.69, 9.17) is 11.6 Å². The topological polar surface area (TPSA) is 0 Å². The van der Waals surface area contributed by atoms with Crippen LogP contribution in [0.25, 0.3) is 0 Å². The van der Waals surface area contributed by atoms with Crippen molar-refractivity contribution in [2.24, 2.45) is 17.8 Å². The Labute approximate surface area is 116 Å². The van der Waals surface area contributed by atoms with Crippen LogP contribution in [0.1, 0.15) is 62.0 Å². The maximum absolute atomic E-state index is 6.71. The van der Waals surface area contributed by atoms with Crippen molar-refractivity contribution in [3.63, 3.8) is 0 Å². The number of hydrogen-bond acceptors (Lipinski definition) is 0. The van der Waals surface area contributed by atoms with Crippen molar-refractivity contribution in [1.82, 2.24) is 0 Å². The molecule has 1 heteroatoms. The largest absolute Gasteiger partial charge is 0.117 e. The summed E-state index contributed by atoms with van der Waals surface area (Å²) >= 11 is 6.71. The number of hydrogen-bond donors (Lipinski definition) is 0. The molecule has 18 heavy (non-hydrogen) atoms. The van der Waals surface area contributed by atoms with E-state index >= 15 is 0 Å². The molecule has 1 aromatic carbocycles. The van der Waals surface area contributed by atoms with Crippen LogP contribution in [0.3, 0.4) is 0 Å². The van der Waals surface area contributed by atoms with Crippen molar-refractivity contribution in [3.05, 3.63) is 35.4 Å². The van der Waals surface area contributed by atoms with E-state index < -0.39 is 0 Å². The molecule has 3 atom stereocenters. The molecule has 98 valence electrons. The minimum absolute atomic E-state index is 0.249. The van der Waals surface area contributed by atoms with E-state index in [0.717, 1.165) is 17.8 Å². The Hall–Kier alpha value is -0.490. The highest BCUT2D eigenvalue weighted by atomic mass is 35.5. The lowest BCUT2D eigenvalue weighted by Gasteiger charge is -2.12. The molecule has 0 radical (unpaired) electrons. The molecule has 2 aliphatic carbocycles. The zero-order valence-corrected chi connectivity index (χ0v) is 12.2. The van der Waals surface area contributed by atoms with Crippen LogP contribution >= 0.6 is 11.6 Å². The van der Waals surface area contributed by atoms with Gasteiger partial charge in [-0.15, -0.1) is 11.6 Å². The van der Waals surface area contributed by atoms with Gasteiger partial charge in [0.15, 0.2) is 0 Å². The van der Waals surface area contributed by atoms with Gasteiger partial charge in [0.05, 0.1) is 5.38 Å². The van der Waals surface area contributed by atoms with Gasteiger partial charge in [0.1, 0.15) is 0 Å². The normalized spacial score (nSPS) is 32.1. The van der Waals surface area contributed by atoms with E-state index in [0.29, 0.717) is 5.92 Å². The van der Waals surface area contributed by atoms with Crippen LogP contribution in [0.4, 0.5) is 0 Å². The van der Waals surface area contributed by atoms with Crippen LogP contribution in [-0.4, -0.2) is 0 Å². The maximum Gasteiger partial charge on any atom is 0.0618 e. The summed E-state index contributed by atoms with van der Waals surface area (Å²) in [5.74, 6) is 3.24. The molecule has 0 bridgehead atoms. The maximum atomic E-state index is 6.71. The Balaban J connectivity index is 1.71. The quantitative estimate of drug-likeness (QED) is 0.629. The van der Waals surface area contributed by atoms with Gasteiger partial charge in [0, 0.05) is 0 Å². The van der Waals surface area contributed by atoms with Crippen LogP contribution in [0.5, 0.6) is 0 Å². The molecule has 2 saturated carbocycles. The number of fused-ring (bicyclic) bond motifs is 1. The molecule has 0 N–H and O–H groups in total. The highest BCUT2D eigenvalue weighted by molar-refractivity contribution is 6.21. The summed E-state index contributed by atoms with van der Waals surface area (Å²) in [6.45, 7) is 4.48. The van der Waals surface area contributed by atoms with Crippen LogP contribution in [0.15, 0.2) is 24.3 Å². The smallest absolute Gasteiger partial charge is 0.0618 e. The van der Waals surface area contributed by atoms with Crippen molar-refractivity contribution >= 4 is 11.6 Å². The van der Waals surface area contributed by atoms with E-state index in [9.17, 15) is 0 Å². The van der Waals surface area contributed by atoms with E-state index in [1.165, 1.54) is 36.8 Å². The van der Waals surface area contributed by atoms with Gasteiger partial charge in [-0.1, -0.05) is 51.0 Å². The zero-order chi connectivity index (χ0) is 12.7. The van der Waals surface area contributed by atoms with Crippen molar-refractivity contribution in [1.29, 1.82) is 0 Å². The molecule has 0 aromatic heterocycles. The number of halogens is 1. The lowest BCUT2D eigenvalue weighted by molar-refractivity contribution is 0.480. The van der Waals surface area contributed by atoms with E-state index in [-0.39, 0.29) is 5.38 Å². The average molecular weight is 263 g/mol. The summed E-state index contributed by atoms with van der Waals surface area (Å²) in [5, 5.41) is 0.249. The molecule has 0 nitrogen and oxygen atoms in total. The fourth-order valence-corrected chi connectivity index (χ4v) is 4.29. The van der Waals surface area contributed by atoms with Gasteiger partial charge < -0.3 is 0 Å². The Morgan fingerprint density at radius 3 is 1.94 bits per heavy atom. The first-order valence-electron chi connectivity index (χ1n) is 7.42. The van der Waals surface area contributed by atoms with E-state index in [1.54, 1.807) is 0 Å². The summed E-state index contributed by atoms with van der Waals surface area (Å²) in [7, 11) is 0. The Morgan fingerprint density at radius 1 is 0.944 bits per heavy atom. The minimum atomic E-state index is 0.249. The third kappa shape index (κ3) is 2.20. The molecule has 3 unspecified atom stereocenters. The summed E-state index contributed by atoms with van der Waals surface area (Å²) < 4.78 is 0. The molecule has 0 heterocycles. The lowest BCUT2D eigenvalue weighted by Crippen LogP contribution is -1.97. The summed E-state index contributed by atoms with van der Waals surface area (Å²) in [5.41, 5.74) is 2.75. The minimum Gasteiger partial charge on any atom is -0.117 e. The second kappa shape index (κ2) is 4.89. The predicted molar refractivity (Wildman–Crippen MR) is 78.1 cm³/mol. The standard InChI is InChI=1S/C17H23Cl/c1-11(2)12-7-9-13(10-8-12)17(18)16-14-5-3-4-6-15(14)16/h7-11,14-17H,3-6H2,1-2H3. The van der Waals surface area contributed by atoms with E-state index in [1.807, 2.05) is 0 Å². The highest BCUT2D eigenvalue weighted by Gasteiger charge is 2.53. The average Bonchev–Trinajstić information content (AvgIpc) is 3.12. The SMILES string of the molecule is CC(C)c1ccc(C(Cl)C2C3CCCCC32)cc1. The van der Waals surface area contributed by atoms with Crippen LogP contribution in [0.2, 0.25) is 0 Å². The first kappa shape index (κ1) is 12.5. The Bertz CT molecular complexity index is 394. The van der Waals surface area contributed by atoms with Crippen molar-refractivity contribution in [2.45, 2.75) is 50.8 Å². The molecule has 0 spiro atoms. The Morgan fingerprint density at radius 2 is 1.44 bits per heavy atom. The molecule has 0 saturated heterocycles. The molecule has 0 aliphatic heterocycles. The molecule has 3 rings (SSSR count). The van der Waals surface area contributed by atoms with Gasteiger partial charge in [-0.2, -0.15) is 0 Å². The monoisotopic (exact) mass is 262 g/mol. The highest BCUT2D eigenvalue weighted by Crippen LogP contribution is 2.62. The van der Waals surface area contributed by atoms with Crippen LogP contribution in [0, 0.1) is 17.8 Å². The molecular weight excluding hydrogens is 240 g/mol. The summed E-state index contributed by atoms with van der Waals surface area (Å²) in [6.07, 6.45) is 5.69. The molecule has 2 aliphatic rings. The van der Waals surface area contributed by atoms with Crippen LogP contribution < -0.4 is 0 Å². The van der Waals surface area contributed by atoms with Gasteiger partial charge in [-0.05, 0) is 47.6 Å². The van der Waals surface area contributed by atoms with E-state index in [2.05, 4.69) is 38.1 Å². The van der Waals surface area contributed by atoms with Gasteiger partial charge in [-0.3, -0.25) is 0 Å². The second-order valence-corrected chi connectivity index (χ2v) is 6.88. The van der Waals surface area contributed by atoms with Gasteiger partial charge >= 0.3 is 0 Å². The third-order valence-electron chi connectivity index (χ3n) is 4.98. The van der Waals surface area contributed by atoms with Crippen molar-refractivity contribution in [3.8, 4) is 0 Å². The predicted octanol–water partition coefficient (Wildman–Crippen LogP) is 5.53. The Kier molecular flexibility index (Phi) is 3.40. The number of benzene rings is 1. The van der Waals surface area contributed by atoms with Crippen LogP contribution in [-0.2, 0) is 0 Å². The lowest BCUT2D eigenvalue weighted by atomic mass is 9.99. The van der Waals surface area contributed by atoms with Gasteiger partial charge in [0.2, 0.25) is 0 Å². The summed E-state index contributed by atoms with van der Waals surface area (Å²) in [6, 6.07) is 9.00. The van der Waals surface area contributed by atoms with Gasteiger partial charge in [0.25, 0.3) is 0 Å². The number of alkyl halides is 1. The first-order chi connectivity index (χ1) is 8.68. The molecule has 2 fully saturated rings. The molecule has 1 aromatic rings. The fraction of sp³-hybridized carbons (Fsp3) is 0.647. The molecular formula is C17H23Cl. The summed E-state index contributed by atoms with van der Waals surface area (Å²) in [4.78, 5) is 0. The second-order valence-electron chi connectivity index (χ2n) is 6.41. The van der Waals surface area contributed by atoms with Crippen molar-refractivity contribution in [2.75, 3.05) is 0 Å². The zero-order valence-electron chi connectivity index (χ0n) is 11.4. The van der Waals surface area contributed by atoms with Gasteiger partial charge in [-0.25, -0.2) is 0 Å². The fourth-order valence-electron chi connectivity index (χ4n) is 3.77. The number of rotatable bonds is 3. The third-order valence-corrected chi connectivity index (χ3v) is 5.53. The molecule has 0 amide bonds. The first-order valence-corrected chi connectivity index (χ1v) is 7.86.